The summed E-state index contributed by atoms with van der Waals surface area (Å²) in [5.74, 6) is -1.57. The van der Waals surface area contributed by atoms with Gasteiger partial charge in [-0.15, -0.1) is 0 Å². The molecule has 190 valence electrons. The number of hydrogen-bond donors (Lipinski definition) is 1. The molecule has 0 bridgehead atoms. The van der Waals surface area contributed by atoms with E-state index in [-0.39, 0.29) is 23.0 Å². The lowest BCUT2D eigenvalue weighted by Crippen LogP contribution is -2.51. The van der Waals surface area contributed by atoms with Crippen LogP contribution in [0.4, 0.5) is 10.1 Å². The van der Waals surface area contributed by atoms with Gasteiger partial charge >= 0.3 is 0 Å². The third kappa shape index (κ3) is 6.22. The molecule has 0 aromatic heterocycles. The van der Waals surface area contributed by atoms with Gasteiger partial charge in [-0.2, -0.15) is 0 Å². The Kier molecular flexibility index (Phi) is 9.06. The molecule has 0 unspecified atom stereocenters. The zero-order chi connectivity index (χ0) is 26.3. The first-order valence-corrected chi connectivity index (χ1v) is 13.1. The molecule has 36 heavy (non-hydrogen) atoms. The number of amides is 2. The molecule has 7 nitrogen and oxygen atoms in total. The van der Waals surface area contributed by atoms with Crippen LogP contribution >= 0.6 is 11.6 Å². The monoisotopic (exact) mass is 531 g/mol. The van der Waals surface area contributed by atoms with E-state index >= 15 is 0 Å². The normalized spacial score (nSPS) is 12.0. The van der Waals surface area contributed by atoms with Crippen molar-refractivity contribution in [3.05, 3.63) is 95.3 Å². The summed E-state index contributed by atoms with van der Waals surface area (Å²) in [6, 6.07) is 18.6. The number of carbonyl (C=O) groups excluding carboxylic acids is 2. The molecule has 0 saturated carbocycles. The van der Waals surface area contributed by atoms with Gasteiger partial charge in [0.2, 0.25) is 11.8 Å². The molecule has 3 aromatic carbocycles. The molecule has 0 heterocycles. The molecule has 1 N–H and O–H groups in total. The highest BCUT2D eigenvalue weighted by Gasteiger charge is 2.33. The van der Waals surface area contributed by atoms with E-state index in [1.54, 1.807) is 61.5 Å². The van der Waals surface area contributed by atoms with Crippen LogP contribution in [-0.2, 0) is 26.2 Å². The molecule has 10 heteroatoms. The second-order valence-electron chi connectivity index (χ2n) is 7.95. The maximum absolute atomic E-state index is 13.7. The van der Waals surface area contributed by atoms with Crippen molar-refractivity contribution in [2.24, 2.45) is 0 Å². The van der Waals surface area contributed by atoms with Crippen LogP contribution in [-0.4, -0.2) is 44.8 Å². The van der Waals surface area contributed by atoms with Crippen LogP contribution in [0, 0.1) is 5.82 Å². The highest BCUT2D eigenvalue weighted by Crippen LogP contribution is 2.25. The molecular formula is C26H27ClFN3O4S. The van der Waals surface area contributed by atoms with E-state index in [1.165, 1.54) is 11.9 Å². The Morgan fingerprint density at radius 2 is 1.58 bits per heavy atom. The van der Waals surface area contributed by atoms with Gasteiger partial charge in [0.05, 0.1) is 10.6 Å². The van der Waals surface area contributed by atoms with E-state index in [2.05, 4.69) is 5.32 Å². The van der Waals surface area contributed by atoms with Crippen molar-refractivity contribution in [2.45, 2.75) is 30.8 Å². The van der Waals surface area contributed by atoms with Gasteiger partial charge in [0.15, 0.2) is 0 Å². The molecule has 1 atom stereocenters. The average molecular weight is 532 g/mol. The van der Waals surface area contributed by atoms with E-state index in [0.29, 0.717) is 17.0 Å². The van der Waals surface area contributed by atoms with E-state index in [4.69, 9.17) is 11.6 Å². The number of nitrogens with one attached hydrogen (secondary N) is 1. The molecule has 0 radical (unpaired) electrons. The third-order valence-electron chi connectivity index (χ3n) is 5.66. The van der Waals surface area contributed by atoms with Crippen molar-refractivity contribution in [1.82, 2.24) is 10.2 Å². The van der Waals surface area contributed by atoms with Gasteiger partial charge < -0.3 is 10.2 Å². The molecular weight excluding hydrogens is 505 g/mol. The van der Waals surface area contributed by atoms with Crippen LogP contribution in [0.2, 0.25) is 5.02 Å². The smallest absolute Gasteiger partial charge is 0.264 e. The van der Waals surface area contributed by atoms with Gasteiger partial charge in [-0.25, -0.2) is 12.8 Å². The number of benzene rings is 3. The van der Waals surface area contributed by atoms with Crippen molar-refractivity contribution in [3.63, 3.8) is 0 Å². The van der Waals surface area contributed by atoms with Crippen molar-refractivity contribution < 1.29 is 22.4 Å². The predicted octanol–water partition coefficient (Wildman–Crippen LogP) is 4.23. The molecule has 3 aromatic rings. The van der Waals surface area contributed by atoms with Gasteiger partial charge in [0, 0.05) is 18.6 Å². The van der Waals surface area contributed by atoms with E-state index in [1.807, 2.05) is 0 Å². The fraction of sp³-hybridized carbons (Fsp3) is 0.231. The fourth-order valence-corrected chi connectivity index (χ4v) is 5.36. The molecule has 0 fully saturated rings. The second-order valence-corrected chi connectivity index (χ2v) is 10.2. The Balaban J connectivity index is 2.04. The van der Waals surface area contributed by atoms with Crippen LogP contribution in [0.3, 0.4) is 0 Å². The van der Waals surface area contributed by atoms with Gasteiger partial charge in [-0.05, 0) is 54.4 Å². The molecule has 0 aliphatic heterocycles. The number of nitrogens with zero attached hydrogens (tertiary/aromatic N) is 2. The summed E-state index contributed by atoms with van der Waals surface area (Å²) < 4.78 is 41.6. The molecule has 2 amide bonds. The summed E-state index contributed by atoms with van der Waals surface area (Å²) in [5.41, 5.74) is 0.864. The molecule has 0 aliphatic carbocycles. The number of hydrogen-bond acceptors (Lipinski definition) is 4. The minimum Gasteiger partial charge on any atom is -0.357 e. The highest BCUT2D eigenvalue weighted by molar-refractivity contribution is 7.92. The van der Waals surface area contributed by atoms with Crippen molar-refractivity contribution in [1.29, 1.82) is 0 Å². The third-order valence-corrected chi connectivity index (χ3v) is 7.81. The summed E-state index contributed by atoms with van der Waals surface area (Å²) in [4.78, 5) is 27.6. The topological polar surface area (TPSA) is 86.8 Å². The van der Waals surface area contributed by atoms with Crippen LogP contribution < -0.4 is 9.62 Å². The first kappa shape index (κ1) is 27.2. The Hall–Kier alpha value is -3.43. The maximum Gasteiger partial charge on any atom is 0.264 e. The first-order valence-electron chi connectivity index (χ1n) is 11.3. The van der Waals surface area contributed by atoms with Gasteiger partial charge in [0.25, 0.3) is 10.0 Å². The zero-order valence-electron chi connectivity index (χ0n) is 19.9. The van der Waals surface area contributed by atoms with Gasteiger partial charge in [-0.1, -0.05) is 54.9 Å². The summed E-state index contributed by atoms with van der Waals surface area (Å²) >= 11 is 6.33. The van der Waals surface area contributed by atoms with E-state index < -0.39 is 34.3 Å². The number of halogens is 2. The molecule has 0 spiro atoms. The maximum atomic E-state index is 13.7. The Morgan fingerprint density at radius 3 is 2.17 bits per heavy atom. The largest absolute Gasteiger partial charge is 0.357 e. The van der Waals surface area contributed by atoms with Crippen LogP contribution in [0.1, 0.15) is 18.9 Å². The minimum atomic E-state index is -4.25. The highest BCUT2D eigenvalue weighted by atomic mass is 35.5. The van der Waals surface area contributed by atoms with Crippen LogP contribution in [0.5, 0.6) is 0 Å². The number of para-hydroxylation sites is 1. The Bertz CT molecular complexity index is 1300. The summed E-state index contributed by atoms with van der Waals surface area (Å²) in [6.45, 7) is 1.18. The number of carbonyl (C=O) groups is 2. The average Bonchev–Trinajstić information content (AvgIpc) is 2.88. The number of likely N-dealkylation sites (N-methyl/N-ethyl adjacent to an activating group) is 1. The number of sulfonamides is 1. The Morgan fingerprint density at radius 1 is 0.972 bits per heavy atom. The number of anilines is 1. The fourth-order valence-electron chi connectivity index (χ4n) is 3.75. The van der Waals surface area contributed by atoms with Crippen LogP contribution in [0.25, 0.3) is 0 Å². The summed E-state index contributed by atoms with van der Waals surface area (Å²) in [5, 5.41) is 2.98. The van der Waals surface area contributed by atoms with Gasteiger partial charge in [0.1, 0.15) is 18.4 Å². The predicted molar refractivity (Wildman–Crippen MR) is 138 cm³/mol. The summed E-state index contributed by atoms with van der Waals surface area (Å²) in [7, 11) is -2.78. The Labute approximate surface area is 215 Å². The second kappa shape index (κ2) is 12.0. The lowest BCUT2D eigenvalue weighted by molar-refractivity contribution is -0.140. The SMILES string of the molecule is CC[C@@H](C(=O)NC)N(Cc1ccccc1Cl)C(=O)CN(c1ccccc1)S(=O)(=O)c1ccc(F)cc1. The zero-order valence-corrected chi connectivity index (χ0v) is 21.5. The lowest BCUT2D eigenvalue weighted by Gasteiger charge is -2.33. The lowest BCUT2D eigenvalue weighted by atomic mass is 10.1. The quantitative estimate of drug-likeness (QED) is 0.424. The van der Waals surface area contributed by atoms with Crippen molar-refractivity contribution in [3.8, 4) is 0 Å². The first-order chi connectivity index (χ1) is 17.2. The molecule has 0 saturated heterocycles. The minimum absolute atomic E-state index is 0.00363. The van der Waals surface area contributed by atoms with Crippen molar-refractivity contribution >= 4 is 39.1 Å². The molecule has 3 rings (SSSR count). The van der Waals surface area contributed by atoms with Crippen LogP contribution in [0.15, 0.2) is 83.8 Å². The summed E-state index contributed by atoms with van der Waals surface area (Å²) in [6.07, 6.45) is 0.298. The number of rotatable bonds is 10. The van der Waals surface area contributed by atoms with Crippen molar-refractivity contribution in [2.75, 3.05) is 17.9 Å². The van der Waals surface area contributed by atoms with E-state index in [9.17, 15) is 22.4 Å². The van der Waals surface area contributed by atoms with Gasteiger partial charge in [-0.3, -0.25) is 13.9 Å². The standard InChI is InChI=1S/C26H27ClFN3O4S/c1-3-24(26(33)29-2)30(17-19-9-7-8-12-23(19)27)25(32)18-31(21-10-5-4-6-11-21)36(34,35)22-15-13-20(28)14-16-22/h4-16,24H,3,17-18H2,1-2H3,(H,29,33)/t24-/m0/s1. The van der Waals surface area contributed by atoms with E-state index in [0.717, 1.165) is 28.6 Å². The molecule has 0 aliphatic rings.